The van der Waals surface area contributed by atoms with Crippen molar-refractivity contribution < 1.29 is 23.4 Å². The van der Waals surface area contributed by atoms with E-state index in [1.54, 1.807) is 4.90 Å². The van der Waals surface area contributed by atoms with Gasteiger partial charge in [-0.1, -0.05) is 11.6 Å². The SMILES string of the molecule is O=C(c1ccc(OC(F)F)c(Cl)c1)N1CCCC1CO. The number of amides is 1. The van der Waals surface area contributed by atoms with E-state index < -0.39 is 6.61 Å². The third-order valence-corrected chi connectivity index (χ3v) is 3.54. The molecule has 20 heavy (non-hydrogen) atoms. The third-order valence-electron chi connectivity index (χ3n) is 3.24. The van der Waals surface area contributed by atoms with E-state index in [1.165, 1.54) is 18.2 Å². The van der Waals surface area contributed by atoms with Crippen molar-refractivity contribution in [2.75, 3.05) is 13.2 Å². The fourth-order valence-electron chi connectivity index (χ4n) is 2.28. The van der Waals surface area contributed by atoms with Gasteiger partial charge < -0.3 is 14.7 Å². The smallest absolute Gasteiger partial charge is 0.387 e. The first kappa shape index (κ1) is 15.0. The summed E-state index contributed by atoms with van der Waals surface area (Å²) in [5.74, 6) is -0.439. The van der Waals surface area contributed by atoms with Crippen LogP contribution in [0.1, 0.15) is 23.2 Å². The summed E-state index contributed by atoms with van der Waals surface area (Å²) in [5.41, 5.74) is 0.289. The highest BCUT2D eigenvalue weighted by Gasteiger charge is 2.29. The zero-order valence-corrected chi connectivity index (χ0v) is 11.3. The molecule has 110 valence electrons. The van der Waals surface area contributed by atoms with E-state index in [9.17, 15) is 18.7 Å². The first-order valence-corrected chi connectivity index (χ1v) is 6.57. The van der Waals surface area contributed by atoms with Crippen molar-refractivity contribution in [2.45, 2.75) is 25.5 Å². The van der Waals surface area contributed by atoms with Gasteiger partial charge in [0, 0.05) is 12.1 Å². The summed E-state index contributed by atoms with van der Waals surface area (Å²) in [7, 11) is 0. The first-order valence-electron chi connectivity index (χ1n) is 6.19. The van der Waals surface area contributed by atoms with Crippen LogP contribution in [-0.2, 0) is 0 Å². The number of ether oxygens (including phenoxy) is 1. The molecule has 0 bridgehead atoms. The Morgan fingerprint density at radius 1 is 1.55 bits per heavy atom. The second-order valence-corrected chi connectivity index (χ2v) is 4.91. The van der Waals surface area contributed by atoms with Gasteiger partial charge in [0.15, 0.2) is 0 Å². The summed E-state index contributed by atoms with van der Waals surface area (Å²) in [6.45, 7) is -2.49. The Balaban J connectivity index is 2.16. The number of likely N-dealkylation sites (tertiary alicyclic amines) is 1. The van der Waals surface area contributed by atoms with E-state index in [1.807, 2.05) is 0 Å². The molecule has 0 spiro atoms. The molecular weight excluding hydrogens is 292 g/mol. The summed E-state index contributed by atoms with van der Waals surface area (Å²) in [4.78, 5) is 13.8. The normalized spacial score (nSPS) is 18.6. The topological polar surface area (TPSA) is 49.8 Å². The molecule has 0 aromatic heterocycles. The van der Waals surface area contributed by atoms with E-state index in [0.29, 0.717) is 6.54 Å². The van der Waals surface area contributed by atoms with E-state index in [2.05, 4.69) is 4.74 Å². The Bertz CT molecular complexity index is 499. The molecule has 1 amide bonds. The monoisotopic (exact) mass is 305 g/mol. The molecule has 1 atom stereocenters. The molecule has 2 rings (SSSR count). The molecule has 0 aliphatic carbocycles. The largest absolute Gasteiger partial charge is 0.433 e. The van der Waals surface area contributed by atoms with Crippen molar-refractivity contribution in [3.8, 4) is 5.75 Å². The lowest BCUT2D eigenvalue weighted by atomic mass is 10.1. The summed E-state index contributed by atoms with van der Waals surface area (Å²) in [5, 5.41) is 9.16. The number of hydrogen-bond donors (Lipinski definition) is 1. The van der Waals surface area contributed by atoms with Gasteiger partial charge in [0.25, 0.3) is 5.91 Å². The number of alkyl halides is 2. The Kier molecular flexibility index (Phi) is 4.77. The van der Waals surface area contributed by atoms with E-state index in [0.717, 1.165) is 12.8 Å². The second-order valence-electron chi connectivity index (χ2n) is 4.50. The van der Waals surface area contributed by atoms with Gasteiger partial charge >= 0.3 is 6.61 Å². The predicted molar refractivity (Wildman–Crippen MR) is 69.2 cm³/mol. The molecule has 0 radical (unpaired) electrons. The lowest BCUT2D eigenvalue weighted by molar-refractivity contribution is -0.0497. The summed E-state index contributed by atoms with van der Waals surface area (Å²) >= 11 is 5.82. The number of rotatable bonds is 4. The zero-order valence-electron chi connectivity index (χ0n) is 10.6. The lowest BCUT2D eigenvalue weighted by Crippen LogP contribution is -2.37. The molecule has 1 aromatic rings. The van der Waals surface area contributed by atoms with Crippen LogP contribution in [-0.4, -0.2) is 41.7 Å². The molecule has 0 saturated carbocycles. The number of aliphatic hydroxyl groups excluding tert-OH is 1. The maximum atomic E-state index is 12.3. The molecule has 1 N–H and O–H groups in total. The number of hydrogen-bond acceptors (Lipinski definition) is 3. The van der Waals surface area contributed by atoms with E-state index in [-0.39, 0.29) is 34.9 Å². The summed E-state index contributed by atoms with van der Waals surface area (Å²) in [6, 6.07) is 3.73. The Hall–Kier alpha value is -1.40. The van der Waals surface area contributed by atoms with Crippen LogP contribution in [0.5, 0.6) is 5.75 Å². The molecule has 1 unspecified atom stereocenters. The standard InChI is InChI=1S/C13H14ClF2NO3/c14-10-6-8(3-4-11(10)20-13(15)16)12(19)17-5-1-2-9(17)7-18/h3-4,6,9,13,18H,1-2,5,7H2. The maximum absolute atomic E-state index is 12.3. The van der Waals surface area contributed by atoms with E-state index in [4.69, 9.17) is 11.6 Å². The van der Waals surface area contributed by atoms with Crippen molar-refractivity contribution in [1.29, 1.82) is 0 Å². The van der Waals surface area contributed by atoms with Gasteiger partial charge in [-0.3, -0.25) is 4.79 Å². The molecule has 4 nitrogen and oxygen atoms in total. The van der Waals surface area contributed by atoms with Gasteiger partial charge in [-0.2, -0.15) is 8.78 Å². The summed E-state index contributed by atoms with van der Waals surface area (Å²) in [6.07, 6.45) is 1.58. The predicted octanol–water partition coefficient (Wildman–Crippen LogP) is 2.54. The van der Waals surface area contributed by atoms with E-state index >= 15 is 0 Å². The van der Waals surface area contributed by atoms with Crippen LogP contribution in [0.15, 0.2) is 18.2 Å². The van der Waals surface area contributed by atoms with Crippen molar-refractivity contribution in [1.82, 2.24) is 4.90 Å². The highest BCUT2D eigenvalue weighted by atomic mass is 35.5. The van der Waals surface area contributed by atoms with Crippen LogP contribution in [0.3, 0.4) is 0 Å². The van der Waals surface area contributed by atoms with Crippen molar-refractivity contribution in [3.63, 3.8) is 0 Å². The maximum Gasteiger partial charge on any atom is 0.387 e. The minimum absolute atomic E-state index is 0.0455. The number of benzene rings is 1. The highest BCUT2D eigenvalue weighted by Crippen LogP contribution is 2.28. The molecule has 1 aromatic carbocycles. The first-order chi connectivity index (χ1) is 9.52. The Morgan fingerprint density at radius 2 is 2.30 bits per heavy atom. The molecule has 7 heteroatoms. The fraction of sp³-hybridized carbons (Fsp3) is 0.462. The van der Waals surface area contributed by atoms with Crippen molar-refractivity contribution >= 4 is 17.5 Å². The average Bonchev–Trinajstić information content (AvgIpc) is 2.88. The van der Waals surface area contributed by atoms with Crippen LogP contribution < -0.4 is 4.74 Å². The van der Waals surface area contributed by atoms with Gasteiger partial charge in [-0.15, -0.1) is 0 Å². The fourth-order valence-corrected chi connectivity index (χ4v) is 2.51. The van der Waals surface area contributed by atoms with Crippen LogP contribution in [0.4, 0.5) is 8.78 Å². The van der Waals surface area contributed by atoms with Gasteiger partial charge in [-0.25, -0.2) is 0 Å². The molecule has 1 fully saturated rings. The Labute approximate surface area is 119 Å². The molecule has 1 aliphatic heterocycles. The van der Waals surface area contributed by atoms with Gasteiger partial charge in [-0.05, 0) is 31.0 Å². The van der Waals surface area contributed by atoms with Crippen LogP contribution >= 0.6 is 11.6 Å². The van der Waals surface area contributed by atoms with Crippen molar-refractivity contribution in [3.05, 3.63) is 28.8 Å². The highest BCUT2D eigenvalue weighted by molar-refractivity contribution is 6.32. The lowest BCUT2D eigenvalue weighted by Gasteiger charge is -2.23. The molecule has 1 heterocycles. The number of halogens is 3. The van der Waals surface area contributed by atoms with Crippen molar-refractivity contribution in [2.24, 2.45) is 0 Å². The van der Waals surface area contributed by atoms with Crippen LogP contribution in [0, 0.1) is 0 Å². The molecular formula is C13H14ClF2NO3. The third kappa shape index (κ3) is 3.19. The van der Waals surface area contributed by atoms with Gasteiger partial charge in [0.2, 0.25) is 0 Å². The molecule has 1 saturated heterocycles. The zero-order chi connectivity index (χ0) is 14.7. The van der Waals surface area contributed by atoms with Gasteiger partial charge in [0.1, 0.15) is 5.75 Å². The minimum Gasteiger partial charge on any atom is -0.433 e. The number of nitrogens with zero attached hydrogens (tertiary/aromatic N) is 1. The van der Waals surface area contributed by atoms with Crippen LogP contribution in [0.25, 0.3) is 0 Å². The van der Waals surface area contributed by atoms with Crippen LogP contribution in [0.2, 0.25) is 5.02 Å². The van der Waals surface area contributed by atoms with Gasteiger partial charge in [0.05, 0.1) is 17.7 Å². The minimum atomic E-state index is -2.97. The quantitative estimate of drug-likeness (QED) is 0.930. The second kappa shape index (κ2) is 6.37. The number of carbonyl (C=O) groups is 1. The molecule has 1 aliphatic rings. The Morgan fingerprint density at radius 3 is 2.90 bits per heavy atom. The average molecular weight is 306 g/mol. The number of aliphatic hydroxyl groups is 1. The summed E-state index contributed by atoms with van der Waals surface area (Å²) < 4.78 is 28.5. The number of carbonyl (C=O) groups excluding carboxylic acids is 1.